The molecule has 0 unspecified atom stereocenters. The molecule has 0 aliphatic carbocycles. The standard InChI is InChI=1S/C17H33N7.HI/c1-4-16-22-21-14-24(16)13-10-20-17(18-5-2)19-9-6-15-7-11-23(3)12-8-15;/h14-15H,4-13H2,1-3H3,(H2,18,19,20);1H. The van der Waals surface area contributed by atoms with E-state index in [2.05, 4.69) is 51.2 Å². The molecule has 0 radical (unpaired) electrons. The maximum Gasteiger partial charge on any atom is 0.191 e. The van der Waals surface area contributed by atoms with Crippen LogP contribution in [0.15, 0.2) is 11.3 Å². The van der Waals surface area contributed by atoms with E-state index in [-0.39, 0.29) is 24.0 Å². The van der Waals surface area contributed by atoms with Crippen LogP contribution in [0, 0.1) is 5.92 Å². The van der Waals surface area contributed by atoms with E-state index >= 15 is 0 Å². The molecule has 1 aliphatic rings. The summed E-state index contributed by atoms with van der Waals surface area (Å²) in [7, 11) is 2.21. The smallest absolute Gasteiger partial charge is 0.191 e. The van der Waals surface area contributed by atoms with Crippen LogP contribution in [0.3, 0.4) is 0 Å². The molecule has 0 bridgehead atoms. The summed E-state index contributed by atoms with van der Waals surface area (Å²) in [5.41, 5.74) is 0. The topological polar surface area (TPSA) is 70.4 Å². The van der Waals surface area contributed by atoms with Gasteiger partial charge in [0.05, 0.1) is 0 Å². The van der Waals surface area contributed by atoms with Gasteiger partial charge in [-0.1, -0.05) is 6.92 Å². The van der Waals surface area contributed by atoms with Crippen molar-refractivity contribution in [2.75, 3.05) is 39.8 Å². The zero-order chi connectivity index (χ0) is 17.2. The van der Waals surface area contributed by atoms with Crippen molar-refractivity contribution in [2.45, 2.75) is 46.1 Å². The van der Waals surface area contributed by atoms with Crippen LogP contribution in [0.2, 0.25) is 0 Å². The number of guanidine groups is 1. The second-order valence-electron chi connectivity index (χ2n) is 6.52. The Labute approximate surface area is 169 Å². The van der Waals surface area contributed by atoms with Gasteiger partial charge < -0.3 is 20.1 Å². The number of piperidine rings is 1. The van der Waals surface area contributed by atoms with Gasteiger partial charge in [-0.3, -0.25) is 4.99 Å². The molecule has 0 aromatic carbocycles. The van der Waals surface area contributed by atoms with Gasteiger partial charge >= 0.3 is 0 Å². The van der Waals surface area contributed by atoms with Crippen molar-refractivity contribution < 1.29 is 0 Å². The Morgan fingerprint density at radius 1 is 1.28 bits per heavy atom. The van der Waals surface area contributed by atoms with Gasteiger partial charge in [-0.15, -0.1) is 34.2 Å². The van der Waals surface area contributed by atoms with Gasteiger partial charge in [0.15, 0.2) is 5.96 Å². The molecular formula is C17H34IN7. The Kier molecular flexibility index (Phi) is 11.0. The minimum atomic E-state index is 0. The maximum absolute atomic E-state index is 4.73. The van der Waals surface area contributed by atoms with Gasteiger partial charge in [0.25, 0.3) is 0 Å². The third-order valence-corrected chi connectivity index (χ3v) is 4.65. The molecule has 1 aromatic rings. The fourth-order valence-corrected chi connectivity index (χ4v) is 3.09. The zero-order valence-corrected chi connectivity index (χ0v) is 18.2. The molecule has 1 fully saturated rings. The van der Waals surface area contributed by atoms with Gasteiger partial charge in [-0.2, -0.15) is 0 Å². The molecule has 0 amide bonds. The Morgan fingerprint density at radius 3 is 2.72 bits per heavy atom. The third kappa shape index (κ3) is 7.89. The van der Waals surface area contributed by atoms with E-state index in [0.29, 0.717) is 0 Å². The summed E-state index contributed by atoms with van der Waals surface area (Å²) < 4.78 is 2.09. The summed E-state index contributed by atoms with van der Waals surface area (Å²) in [6, 6.07) is 0. The first kappa shape index (κ1) is 22.1. The van der Waals surface area contributed by atoms with Gasteiger partial charge in [0.1, 0.15) is 12.2 Å². The minimum absolute atomic E-state index is 0. The van der Waals surface area contributed by atoms with Crippen LogP contribution in [-0.2, 0) is 13.0 Å². The molecule has 0 saturated carbocycles. The summed E-state index contributed by atoms with van der Waals surface area (Å²) in [4.78, 5) is 7.15. The summed E-state index contributed by atoms with van der Waals surface area (Å²) in [6.45, 7) is 10.1. The first-order valence-corrected chi connectivity index (χ1v) is 9.30. The maximum atomic E-state index is 4.73. The molecule has 144 valence electrons. The predicted molar refractivity (Wildman–Crippen MR) is 114 cm³/mol. The largest absolute Gasteiger partial charge is 0.357 e. The molecule has 8 heteroatoms. The van der Waals surface area contributed by atoms with Crippen molar-refractivity contribution in [1.29, 1.82) is 0 Å². The number of aryl methyl sites for hydroxylation is 1. The first-order valence-electron chi connectivity index (χ1n) is 9.30. The van der Waals surface area contributed by atoms with Crippen LogP contribution in [0.4, 0.5) is 0 Å². The summed E-state index contributed by atoms with van der Waals surface area (Å²) in [5, 5.41) is 14.8. The van der Waals surface area contributed by atoms with Crippen LogP contribution in [-0.4, -0.2) is 65.4 Å². The molecule has 1 aromatic heterocycles. The highest BCUT2D eigenvalue weighted by Gasteiger charge is 2.15. The van der Waals surface area contributed by atoms with Crippen molar-refractivity contribution in [2.24, 2.45) is 10.9 Å². The Hall–Kier alpha value is -0.900. The van der Waals surface area contributed by atoms with Gasteiger partial charge in [-0.05, 0) is 52.2 Å². The fourth-order valence-electron chi connectivity index (χ4n) is 3.09. The molecule has 2 rings (SSSR count). The van der Waals surface area contributed by atoms with Crippen LogP contribution in [0.5, 0.6) is 0 Å². The van der Waals surface area contributed by atoms with E-state index in [9.17, 15) is 0 Å². The average Bonchev–Trinajstić information content (AvgIpc) is 3.04. The van der Waals surface area contributed by atoms with E-state index in [0.717, 1.165) is 50.3 Å². The minimum Gasteiger partial charge on any atom is -0.357 e. The molecule has 25 heavy (non-hydrogen) atoms. The number of hydrogen-bond acceptors (Lipinski definition) is 4. The SMILES string of the molecule is CCNC(=NCCC1CCN(C)CC1)NCCn1cnnc1CC.I. The van der Waals surface area contributed by atoms with Crippen LogP contribution >= 0.6 is 24.0 Å². The van der Waals surface area contributed by atoms with Crippen LogP contribution in [0.25, 0.3) is 0 Å². The second kappa shape index (κ2) is 12.5. The molecule has 2 heterocycles. The van der Waals surface area contributed by atoms with Gasteiger partial charge in [-0.25, -0.2) is 0 Å². The number of aliphatic imine (C=N–C) groups is 1. The first-order chi connectivity index (χ1) is 11.7. The Bertz CT molecular complexity index is 495. The lowest BCUT2D eigenvalue weighted by Gasteiger charge is -2.28. The molecule has 0 atom stereocenters. The highest BCUT2D eigenvalue weighted by Crippen LogP contribution is 2.19. The van der Waals surface area contributed by atoms with Crippen molar-refractivity contribution in [1.82, 2.24) is 30.3 Å². The Morgan fingerprint density at radius 2 is 2.04 bits per heavy atom. The lowest BCUT2D eigenvalue weighted by Crippen LogP contribution is -2.39. The summed E-state index contributed by atoms with van der Waals surface area (Å²) in [6.07, 6.45) is 6.51. The summed E-state index contributed by atoms with van der Waals surface area (Å²) in [5.74, 6) is 2.77. The van der Waals surface area contributed by atoms with E-state index in [1.807, 2.05) is 0 Å². The average molecular weight is 463 g/mol. The fraction of sp³-hybridized carbons (Fsp3) is 0.824. The number of aromatic nitrogens is 3. The Balaban J connectivity index is 0.00000312. The number of rotatable bonds is 8. The lowest BCUT2D eigenvalue weighted by atomic mass is 9.94. The number of likely N-dealkylation sites (tertiary alicyclic amines) is 1. The number of nitrogens with zero attached hydrogens (tertiary/aromatic N) is 5. The highest BCUT2D eigenvalue weighted by atomic mass is 127. The monoisotopic (exact) mass is 463 g/mol. The summed E-state index contributed by atoms with van der Waals surface area (Å²) >= 11 is 0. The molecule has 0 spiro atoms. The third-order valence-electron chi connectivity index (χ3n) is 4.65. The molecule has 7 nitrogen and oxygen atoms in total. The molecule has 1 aliphatic heterocycles. The molecular weight excluding hydrogens is 429 g/mol. The quantitative estimate of drug-likeness (QED) is 0.349. The predicted octanol–water partition coefficient (Wildman–Crippen LogP) is 1.75. The molecule has 1 saturated heterocycles. The van der Waals surface area contributed by atoms with Crippen molar-refractivity contribution >= 4 is 29.9 Å². The van der Waals surface area contributed by atoms with E-state index < -0.39 is 0 Å². The number of nitrogens with one attached hydrogen (secondary N) is 2. The number of hydrogen-bond donors (Lipinski definition) is 2. The van der Waals surface area contributed by atoms with Crippen molar-refractivity contribution in [3.05, 3.63) is 12.2 Å². The zero-order valence-electron chi connectivity index (χ0n) is 15.9. The second-order valence-corrected chi connectivity index (χ2v) is 6.52. The van der Waals surface area contributed by atoms with Gasteiger partial charge in [0.2, 0.25) is 0 Å². The van der Waals surface area contributed by atoms with Gasteiger partial charge in [0, 0.05) is 32.6 Å². The van der Waals surface area contributed by atoms with E-state index in [1.165, 1.54) is 32.4 Å². The normalized spacial score (nSPS) is 16.5. The highest BCUT2D eigenvalue weighted by molar-refractivity contribution is 14.0. The van der Waals surface area contributed by atoms with Crippen molar-refractivity contribution in [3.63, 3.8) is 0 Å². The lowest BCUT2D eigenvalue weighted by molar-refractivity contribution is 0.214. The molecule has 2 N–H and O–H groups in total. The van der Waals surface area contributed by atoms with Crippen molar-refractivity contribution in [3.8, 4) is 0 Å². The van der Waals surface area contributed by atoms with Crippen LogP contribution in [0.1, 0.15) is 38.9 Å². The van der Waals surface area contributed by atoms with E-state index in [4.69, 9.17) is 4.99 Å². The van der Waals surface area contributed by atoms with Crippen LogP contribution < -0.4 is 10.6 Å². The van der Waals surface area contributed by atoms with E-state index in [1.54, 1.807) is 6.33 Å². The number of halogens is 1.